The van der Waals surface area contributed by atoms with Gasteiger partial charge in [0.15, 0.2) is 0 Å². The molecule has 2 atom stereocenters. The number of rotatable bonds is 71. The second-order valence-electron chi connectivity index (χ2n) is 26.0. The summed E-state index contributed by atoms with van der Waals surface area (Å²) < 4.78 is 5.48. The van der Waals surface area contributed by atoms with Gasteiger partial charge >= 0.3 is 5.97 Å². The van der Waals surface area contributed by atoms with Crippen LogP contribution in [0.15, 0.2) is 12.2 Å². The van der Waals surface area contributed by atoms with E-state index in [2.05, 4.69) is 31.3 Å². The zero-order chi connectivity index (χ0) is 58.5. The summed E-state index contributed by atoms with van der Waals surface area (Å²) in [5, 5.41) is 23.5. The van der Waals surface area contributed by atoms with Crippen molar-refractivity contribution in [2.75, 3.05) is 13.2 Å². The molecule has 1 amide bonds. The van der Waals surface area contributed by atoms with Gasteiger partial charge < -0.3 is 20.3 Å². The minimum absolute atomic E-state index is 0.0183. The van der Waals surface area contributed by atoms with E-state index in [1.54, 1.807) is 0 Å². The summed E-state index contributed by atoms with van der Waals surface area (Å²) in [4.78, 5) is 24.6. The number of allylic oxidation sites excluding steroid dienone is 2. The SMILES string of the molecule is CCCCCCCCCCCCCCCCCCCCCCCCCC(O)C(CO)NC(=O)CCCCCCCCCCCCCCC/C=C\CCCCCCCCCCCCCCOC(=O)CCCCCCCCCCCCCC. The number of unbranched alkanes of at least 4 members (excludes halogenated alkanes) is 58. The topological polar surface area (TPSA) is 95.9 Å². The molecule has 6 nitrogen and oxygen atoms in total. The number of carbonyl (C=O) groups is 2. The zero-order valence-electron chi connectivity index (χ0n) is 55.3. The number of ether oxygens (including phenoxy) is 1. The summed E-state index contributed by atoms with van der Waals surface area (Å²) >= 11 is 0. The Kier molecular flexibility index (Phi) is 69.9. The van der Waals surface area contributed by atoms with E-state index in [4.69, 9.17) is 4.74 Å². The van der Waals surface area contributed by atoms with Crippen molar-refractivity contribution in [3.8, 4) is 0 Å². The van der Waals surface area contributed by atoms with Gasteiger partial charge in [0.25, 0.3) is 0 Å². The number of aliphatic hydroxyl groups is 2. The Morgan fingerprint density at radius 2 is 0.580 bits per heavy atom. The van der Waals surface area contributed by atoms with E-state index >= 15 is 0 Å². The van der Waals surface area contributed by atoms with Crippen molar-refractivity contribution in [3.63, 3.8) is 0 Å². The summed E-state index contributed by atoms with van der Waals surface area (Å²) in [6.07, 6.45) is 88.5. The molecule has 0 aromatic heterocycles. The van der Waals surface area contributed by atoms with E-state index in [1.165, 1.54) is 360 Å². The van der Waals surface area contributed by atoms with Gasteiger partial charge in [-0.1, -0.05) is 379 Å². The lowest BCUT2D eigenvalue weighted by molar-refractivity contribution is -0.143. The summed E-state index contributed by atoms with van der Waals surface area (Å²) in [5.74, 6) is -0.0102. The highest BCUT2D eigenvalue weighted by Crippen LogP contribution is 2.20. The Balaban J connectivity index is 3.37. The van der Waals surface area contributed by atoms with Crippen LogP contribution in [0, 0.1) is 0 Å². The van der Waals surface area contributed by atoms with Crippen LogP contribution in [0.2, 0.25) is 0 Å². The monoisotopic (exact) mass is 1140 g/mol. The minimum atomic E-state index is -0.664. The van der Waals surface area contributed by atoms with Gasteiger partial charge in [0.2, 0.25) is 5.91 Å². The highest BCUT2D eigenvalue weighted by Gasteiger charge is 2.20. The van der Waals surface area contributed by atoms with E-state index in [0.29, 0.717) is 25.9 Å². The van der Waals surface area contributed by atoms with Gasteiger partial charge in [0, 0.05) is 12.8 Å². The molecule has 0 bridgehead atoms. The highest BCUT2D eigenvalue weighted by molar-refractivity contribution is 5.76. The second kappa shape index (κ2) is 71.1. The fraction of sp³-hybridized carbons (Fsp3) is 0.947. The van der Waals surface area contributed by atoms with Crippen molar-refractivity contribution in [3.05, 3.63) is 12.2 Å². The van der Waals surface area contributed by atoms with Crippen LogP contribution in [0.5, 0.6) is 0 Å². The number of aliphatic hydroxyl groups excluding tert-OH is 2. The van der Waals surface area contributed by atoms with Gasteiger partial charge in [-0.15, -0.1) is 0 Å². The molecule has 0 aromatic rings. The van der Waals surface area contributed by atoms with E-state index in [9.17, 15) is 19.8 Å². The average molecular weight is 1140 g/mol. The normalized spacial score (nSPS) is 12.5. The fourth-order valence-corrected chi connectivity index (χ4v) is 12.1. The number of nitrogens with one attached hydrogen (secondary N) is 1. The smallest absolute Gasteiger partial charge is 0.305 e. The first-order chi connectivity index (χ1) is 40.0. The van der Waals surface area contributed by atoms with Crippen molar-refractivity contribution in [2.24, 2.45) is 0 Å². The van der Waals surface area contributed by atoms with Gasteiger partial charge in [-0.2, -0.15) is 0 Å². The van der Waals surface area contributed by atoms with Gasteiger partial charge in [-0.25, -0.2) is 0 Å². The lowest BCUT2D eigenvalue weighted by Gasteiger charge is -2.22. The molecule has 0 aliphatic heterocycles. The predicted molar refractivity (Wildman–Crippen MR) is 357 cm³/mol. The predicted octanol–water partition coefficient (Wildman–Crippen LogP) is 24.3. The molecule has 2 unspecified atom stereocenters. The summed E-state index contributed by atoms with van der Waals surface area (Å²) in [6.45, 7) is 5.00. The molecule has 0 aromatic carbocycles. The molecule has 3 N–H and O–H groups in total. The number of hydrogen-bond donors (Lipinski definition) is 3. The van der Waals surface area contributed by atoms with Crippen molar-refractivity contribution >= 4 is 11.9 Å². The zero-order valence-corrected chi connectivity index (χ0v) is 55.3. The lowest BCUT2D eigenvalue weighted by atomic mass is 10.0. The Labute approximate surface area is 508 Å². The number of hydrogen-bond acceptors (Lipinski definition) is 5. The van der Waals surface area contributed by atoms with Crippen molar-refractivity contribution in [1.29, 1.82) is 0 Å². The molecule has 0 aliphatic rings. The van der Waals surface area contributed by atoms with Crippen LogP contribution in [-0.4, -0.2) is 47.4 Å². The van der Waals surface area contributed by atoms with Gasteiger partial charge in [-0.05, 0) is 51.4 Å². The number of esters is 1. The average Bonchev–Trinajstić information content (AvgIpc) is 3.47. The Bertz CT molecular complexity index is 1220. The van der Waals surface area contributed by atoms with Crippen LogP contribution in [0.3, 0.4) is 0 Å². The summed E-state index contributed by atoms with van der Waals surface area (Å²) in [5.41, 5.74) is 0. The third-order valence-electron chi connectivity index (χ3n) is 17.8. The van der Waals surface area contributed by atoms with Crippen molar-refractivity contribution in [1.82, 2.24) is 5.32 Å². The molecule has 6 heteroatoms. The van der Waals surface area contributed by atoms with Gasteiger partial charge in [-0.3, -0.25) is 9.59 Å². The maximum absolute atomic E-state index is 12.6. The van der Waals surface area contributed by atoms with Gasteiger partial charge in [0.1, 0.15) is 0 Å². The first-order valence-electron chi connectivity index (χ1n) is 37.4. The number of amides is 1. The largest absolute Gasteiger partial charge is 0.466 e. The van der Waals surface area contributed by atoms with Crippen LogP contribution in [0.4, 0.5) is 0 Å². The Morgan fingerprint density at radius 3 is 0.877 bits per heavy atom. The third kappa shape index (κ3) is 67.6. The molecule has 0 spiro atoms. The second-order valence-corrected chi connectivity index (χ2v) is 26.0. The van der Waals surface area contributed by atoms with Gasteiger partial charge in [0.05, 0.1) is 25.4 Å². The van der Waals surface area contributed by atoms with Crippen molar-refractivity contribution < 1.29 is 24.5 Å². The van der Waals surface area contributed by atoms with Crippen molar-refractivity contribution in [2.45, 2.75) is 443 Å². The Morgan fingerprint density at radius 1 is 0.333 bits per heavy atom. The van der Waals surface area contributed by atoms with Crippen LogP contribution >= 0.6 is 0 Å². The molecule has 0 radical (unpaired) electrons. The van der Waals surface area contributed by atoms with Crippen LogP contribution in [0.1, 0.15) is 431 Å². The van der Waals surface area contributed by atoms with Crippen LogP contribution in [-0.2, 0) is 14.3 Å². The highest BCUT2D eigenvalue weighted by atomic mass is 16.5. The Hall–Kier alpha value is -1.40. The molecule has 81 heavy (non-hydrogen) atoms. The third-order valence-corrected chi connectivity index (χ3v) is 17.8. The molecule has 0 fully saturated rings. The van der Waals surface area contributed by atoms with E-state index in [-0.39, 0.29) is 18.5 Å². The molecule has 0 saturated carbocycles. The molecule has 0 aliphatic carbocycles. The molecule has 0 saturated heterocycles. The maximum Gasteiger partial charge on any atom is 0.305 e. The molecule has 0 rings (SSSR count). The van der Waals surface area contributed by atoms with Crippen LogP contribution in [0.25, 0.3) is 0 Å². The fourth-order valence-electron chi connectivity index (χ4n) is 12.1. The summed E-state index contributed by atoms with van der Waals surface area (Å²) in [6, 6.07) is -0.541. The quantitative estimate of drug-likeness (QED) is 0.0320. The maximum atomic E-state index is 12.6. The molecule has 482 valence electrons. The van der Waals surface area contributed by atoms with E-state index in [1.807, 2.05) is 0 Å². The molecular formula is C75H147NO5. The summed E-state index contributed by atoms with van der Waals surface area (Å²) in [7, 11) is 0. The minimum Gasteiger partial charge on any atom is -0.466 e. The standard InChI is InChI=1S/C75H147NO5/c1-3-5-7-9-11-13-15-17-18-19-20-21-29-32-35-38-41-44-47-51-55-59-63-67-73(78)72(71-77)76-74(79)68-64-60-56-52-48-45-42-39-36-33-30-27-25-23-22-24-26-28-31-34-37-40-43-46-50-54-58-62-66-70-81-75(80)69-65-61-57-53-49-16-14-12-10-8-6-4-2/h22,24,72-73,77-78H,3-21,23,25-71H2,1-2H3,(H,76,79)/b24-22-. The van der Waals surface area contributed by atoms with E-state index in [0.717, 1.165) is 38.5 Å². The van der Waals surface area contributed by atoms with E-state index < -0.39 is 12.1 Å². The first-order valence-corrected chi connectivity index (χ1v) is 37.4. The van der Waals surface area contributed by atoms with Crippen LogP contribution < -0.4 is 5.32 Å². The number of carbonyl (C=O) groups excluding carboxylic acids is 2. The first kappa shape index (κ1) is 79.6. The molecule has 0 heterocycles. The molecular weight excluding hydrogens is 995 g/mol. The lowest BCUT2D eigenvalue weighted by Crippen LogP contribution is -2.45.